The summed E-state index contributed by atoms with van der Waals surface area (Å²) in [6, 6.07) is 26.1. The third-order valence-corrected chi connectivity index (χ3v) is 8.71. The topological polar surface area (TPSA) is 120 Å². The monoisotopic (exact) mass is 613 g/mol. The van der Waals surface area contributed by atoms with Crippen molar-refractivity contribution in [1.29, 1.82) is 0 Å². The minimum atomic E-state index is -3.68. The Morgan fingerprint density at radius 2 is 1.70 bits per heavy atom. The lowest BCUT2D eigenvalue weighted by Gasteiger charge is -2.15. The van der Waals surface area contributed by atoms with E-state index in [-0.39, 0.29) is 18.8 Å². The van der Waals surface area contributed by atoms with Crippen molar-refractivity contribution in [2.24, 2.45) is 5.73 Å². The number of sulfonamides is 1. The van der Waals surface area contributed by atoms with E-state index in [0.29, 0.717) is 34.9 Å². The maximum atomic E-state index is 13.4. The fraction of sp³-hybridized carbons (Fsp3) is 0.294. The number of aromatic nitrogens is 2. The van der Waals surface area contributed by atoms with E-state index in [1.165, 1.54) is 0 Å². The van der Waals surface area contributed by atoms with Crippen LogP contribution >= 0.6 is 0 Å². The molecule has 44 heavy (non-hydrogen) atoms. The predicted octanol–water partition coefficient (Wildman–Crippen LogP) is 5.53. The lowest BCUT2D eigenvalue weighted by Crippen LogP contribution is -2.16. The zero-order valence-corrected chi connectivity index (χ0v) is 26.0. The molecule has 0 unspecified atom stereocenters. The van der Waals surface area contributed by atoms with Crippen molar-refractivity contribution < 1.29 is 17.9 Å². The molecular formula is C34H39N5O4S. The number of carbonyl (C=O) groups is 1. The summed E-state index contributed by atoms with van der Waals surface area (Å²) in [4.78, 5) is 20.3. The van der Waals surface area contributed by atoms with Crippen molar-refractivity contribution in [3.63, 3.8) is 0 Å². The quantitative estimate of drug-likeness (QED) is 0.125. The van der Waals surface area contributed by atoms with Gasteiger partial charge in [0.1, 0.15) is 11.3 Å². The van der Waals surface area contributed by atoms with Crippen LogP contribution in [-0.4, -0.2) is 56.1 Å². The van der Waals surface area contributed by atoms with E-state index in [0.717, 1.165) is 47.5 Å². The van der Waals surface area contributed by atoms with Crippen LogP contribution in [0, 0.1) is 0 Å². The van der Waals surface area contributed by atoms with Gasteiger partial charge in [0, 0.05) is 17.6 Å². The molecule has 0 saturated carbocycles. The van der Waals surface area contributed by atoms with E-state index in [2.05, 4.69) is 9.62 Å². The van der Waals surface area contributed by atoms with Gasteiger partial charge in [0.25, 0.3) is 0 Å². The van der Waals surface area contributed by atoms with Crippen LogP contribution in [0.4, 0.5) is 5.69 Å². The standard InChI is InChI=1S/C34H39N5O4S/c1-38(2)17-9-4-10-18-43-34(40)32-21-27-15-16-29(22-35)36-33(27)39(32)23-28-20-30(19-26-13-7-8-14-31(26)28)37-44(41,42)24-25-11-5-3-6-12-25/h3,5-8,11-16,19-21,37H,4,9-10,17-18,22-24,35H2,1-2H3. The van der Waals surface area contributed by atoms with Crippen LogP contribution in [-0.2, 0) is 33.6 Å². The molecule has 3 aromatic carbocycles. The summed E-state index contributed by atoms with van der Waals surface area (Å²) < 4.78 is 36.6. The molecule has 2 heterocycles. The summed E-state index contributed by atoms with van der Waals surface area (Å²) in [5.74, 6) is -0.566. The van der Waals surface area contributed by atoms with Crippen LogP contribution in [0.1, 0.15) is 46.6 Å². The highest BCUT2D eigenvalue weighted by molar-refractivity contribution is 7.91. The average molecular weight is 614 g/mol. The summed E-state index contributed by atoms with van der Waals surface area (Å²) in [6.45, 7) is 1.85. The number of nitrogens with two attached hydrogens (primary N) is 1. The fourth-order valence-electron chi connectivity index (χ4n) is 5.31. The van der Waals surface area contributed by atoms with Gasteiger partial charge < -0.3 is 19.9 Å². The minimum Gasteiger partial charge on any atom is -0.461 e. The first kappa shape index (κ1) is 31.2. The lowest BCUT2D eigenvalue weighted by molar-refractivity contribution is 0.0486. The number of carbonyl (C=O) groups excluding carboxylic acids is 1. The molecule has 0 fully saturated rings. The zero-order chi connectivity index (χ0) is 31.1. The fourth-order valence-corrected chi connectivity index (χ4v) is 6.49. The molecule has 5 aromatic rings. The number of unbranched alkanes of at least 4 members (excludes halogenated alkanes) is 2. The van der Waals surface area contributed by atoms with E-state index in [9.17, 15) is 13.2 Å². The summed E-state index contributed by atoms with van der Waals surface area (Å²) in [7, 11) is 0.404. The molecule has 10 heteroatoms. The highest BCUT2D eigenvalue weighted by Crippen LogP contribution is 2.29. The number of pyridine rings is 1. The molecular weight excluding hydrogens is 574 g/mol. The molecule has 0 aliphatic heterocycles. The Balaban J connectivity index is 1.47. The Hall–Kier alpha value is -4.25. The van der Waals surface area contributed by atoms with Gasteiger partial charge in [-0.2, -0.15) is 0 Å². The lowest BCUT2D eigenvalue weighted by atomic mass is 10.0. The van der Waals surface area contributed by atoms with Gasteiger partial charge in [0.2, 0.25) is 10.0 Å². The van der Waals surface area contributed by atoms with Gasteiger partial charge in [-0.15, -0.1) is 0 Å². The van der Waals surface area contributed by atoms with Gasteiger partial charge in [0.05, 0.1) is 24.6 Å². The van der Waals surface area contributed by atoms with Crippen LogP contribution in [0.15, 0.2) is 84.9 Å². The second-order valence-corrected chi connectivity index (χ2v) is 13.0. The average Bonchev–Trinajstić information content (AvgIpc) is 3.36. The van der Waals surface area contributed by atoms with E-state index >= 15 is 0 Å². The van der Waals surface area contributed by atoms with Crippen molar-refractivity contribution in [3.8, 4) is 0 Å². The SMILES string of the molecule is CN(C)CCCCCOC(=O)c1cc2ccc(CN)nc2n1Cc1cc(NS(=O)(=O)Cc2ccccc2)cc2ccccc12. The van der Waals surface area contributed by atoms with Gasteiger partial charge in [-0.25, -0.2) is 18.2 Å². The smallest absolute Gasteiger partial charge is 0.355 e. The minimum absolute atomic E-state index is 0.144. The number of nitrogens with one attached hydrogen (secondary N) is 1. The number of hydrogen-bond acceptors (Lipinski definition) is 7. The number of benzene rings is 3. The summed E-state index contributed by atoms with van der Waals surface area (Å²) in [6.07, 6.45) is 2.79. The van der Waals surface area contributed by atoms with Gasteiger partial charge >= 0.3 is 5.97 Å². The van der Waals surface area contributed by atoms with Gasteiger partial charge in [-0.1, -0.05) is 54.6 Å². The zero-order valence-electron chi connectivity index (χ0n) is 25.2. The van der Waals surface area contributed by atoms with Crippen molar-refractivity contribution in [2.45, 2.75) is 38.1 Å². The Kier molecular flexibility index (Phi) is 9.94. The normalized spacial score (nSPS) is 11.8. The Bertz CT molecular complexity index is 1850. The second kappa shape index (κ2) is 14.0. The third kappa shape index (κ3) is 7.82. The van der Waals surface area contributed by atoms with Gasteiger partial charge in [-0.05, 0) is 92.1 Å². The molecule has 0 amide bonds. The highest BCUT2D eigenvalue weighted by Gasteiger charge is 2.20. The summed E-state index contributed by atoms with van der Waals surface area (Å²) in [5.41, 5.74) is 9.58. The Labute approximate surface area is 258 Å². The van der Waals surface area contributed by atoms with Crippen molar-refractivity contribution >= 4 is 43.5 Å². The predicted molar refractivity (Wildman–Crippen MR) is 176 cm³/mol. The molecule has 0 spiro atoms. The molecule has 0 aliphatic carbocycles. The first-order chi connectivity index (χ1) is 21.2. The molecule has 3 N–H and O–H groups in total. The van der Waals surface area contributed by atoms with Crippen molar-refractivity contribution in [3.05, 3.63) is 107 Å². The number of anilines is 1. The number of rotatable bonds is 14. The second-order valence-electron chi connectivity index (χ2n) is 11.2. The van der Waals surface area contributed by atoms with Crippen LogP contribution < -0.4 is 10.5 Å². The number of fused-ring (bicyclic) bond motifs is 2. The third-order valence-electron chi connectivity index (χ3n) is 7.45. The molecule has 0 aliphatic rings. The van der Waals surface area contributed by atoms with E-state index in [1.807, 2.05) is 85.4 Å². The Morgan fingerprint density at radius 3 is 2.48 bits per heavy atom. The number of esters is 1. The largest absolute Gasteiger partial charge is 0.461 e. The van der Waals surface area contributed by atoms with Crippen LogP contribution in [0.25, 0.3) is 21.8 Å². The summed E-state index contributed by atoms with van der Waals surface area (Å²) >= 11 is 0. The molecule has 0 bridgehead atoms. The number of nitrogens with zero attached hydrogens (tertiary/aromatic N) is 3. The van der Waals surface area contributed by atoms with Crippen molar-refractivity contribution in [1.82, 2.24) is 14.5 Å². The highest BCUT2D eigenvalue weighted by atomic mass is 32.2. The molecule has 9 nitrogen and oxygen atoms in total. The summed E-state index contributed by atoms with van der Waals surface area (Å²) in [5, 5.41) is 2.61. The van der Waals surface area contributed by atoms with E-state index in [1.54, 1.807) is 18.2 Å². The molecule has 230 valence electrons. The number of ether oxygens (including phenoxy) is 1. The van der Waals surface area contributed by atoms with Crippen LogP contribution in [0.5, 0.6) is 0 Å². The Morgan fingerprint density at radius 1 is 0.932 bits per heavy atom. The van der Waals surface area contributed by atoms with E-state index < -0.39 is 16.0 Å². The van der Waals surface area contributed by atoms with Crippen molar-refractivity contribution in [2.75, 3.05) is 32.0 Å². The van der Waals surface area contributed by atoms with Gasteiger partial charge in [0.15, 0.2) is 0 Å². The molecule has 2 aromatic heterocycles. The maximum Gasteiger partial charge on any atom is 0.355 e. The maximum absolute atomic E-state index is 13.4. The van der Waals surface area contributed by atoms with Gasteiger partial charge in [-0.3, -0.25) is 4.72 Å². The molecule has 0 saturated heterocycles. The molecule has 0 radical (unpaired) electrons. The van der Waals surface area contributed by atoms with E-state index in [4.69, 9.17) is 15.5 Å². The molecule has 0 atom stereocenters. The number of hydrogen-bond donors (Lipinski definition) is 2. The van der Waals surface area contributed by atoms with Crippen LogP contribution in [0.2, 0.25) is 0 Å². The first-order valence-electron chi connectivity index (χ1n) is 14.8. The first-order valence-corrected chi connectivity index (χ1v) is 16.4. The molecule has 5 rings (SSSR count). The van der Waals surface area contributed by atoms with Crippen LogP contribution in [0.3, 0.4) is 0 Å².